The van der Waals surface area contributed by atoms with E-state index in [1.54, 1.807) is 18.3 Å². The summed E-state index contributed by atoms with van der Waals surface area (Å²) < 4.78 is 11.2. The summed E-state index contributed by atoms with van der Waals surface area (Å²) >= 11 is 1.50. The first-order valence-corrected chi connectivity index (χ1v) is 11.2. The quantitative estimate of drug-likeness (QED) is 0.502. The van der Waals surface area contributed by atoms with Gasteiger partial charge in [-0.2, -0.15) is 0 Å². The number of nitrogens with one attached hydrogen (secondary N) is 1. The molecule has 3 aromatic rings. The largest absolute Gasteiger partial charge is 0.490 e. The average molecular weight is 424 g/mol. The number of carbonyl (C=O) groups is 1. The molecule has 4 rings (SSSR count). The van der Waals surface area contributed by atoms with Crippen molar-refractivity contribution < 1.29 is 14.1 Å². The van der Waals surface area contributed by atoms with Gasteiger partial charge < -0.3 is 14.6 Å². The van der Waals surface area contributed by atoms with Crippen molar-refractivity contribution in [1.29, 1.82) is 0 Å². The molecule has 1 N–H and O–H groups in total. The van der Waals surface area contributed by atoms with Crippen molar-refractivity contribution in [2.45, 2.75) is 56.4 Å². The molecule has 7 heteroatoms. The molecule has 1 aromatic carbocycles. The average Bonchev–Trinajstić information content (AvgIpc) is 3.38. The predicted molar refractivity (Wildman–Crippen MR) is 117 cm³/mol. The van der Waals surface area contributed by atoms with Crippen molar-refractivity contribution in [3.05, 3.63) is 65.2 Å². The molecule has 1 aliphatic carbocycles. The molecule has 0 saturated heterocycles. The van der Waals surface area contributed by atoms with Crippen LogP contribution >= 0.6 is 11.8 Å². The van der Waals surface area contributed by atoms with Crippen LogP contribution in [0.4, 0.5) is 5.69 Å². The Kier molecular flexibility index (Phi) is 6.38. The van der Waals surface area contributed by atoms with Gasteiger partial charge in [-0.3, -0.25) is 4.79 Å². The van der Waals surface area contributed by atoms with Crippen molar-refractivity contribution in [3.63, 3.8) is 0 Å². The normalized spacial score (nSPS) is 14.1. The van der Waals surface area contributed by atoms with E-state index >= 15 is 0 Å². The molecule has 0 bridgehead atoms. The number of rotatable bonds is 7. The Morgan fingerprint density at radius 3 is 2.67 bits per heavy atom. The minimum Gasteiger partial charge on any atom is -0.490 e. The summed E-state index contributed by atoms with van der Waals surface area (Å²) in [6.07, 6.45) is 6.72. The number of ether oxygens (including phenoxy) is 1. The smallest absolute Gasteiger partial charge is 0.258 e. The maximum atomic E-state index is 12.9. The minimum absolute atomic E-state index is 0.186. The number of thioether (sulfide) groups is 1. The summed E-state index contributed by atoms with van der Waals surface area (Å²) in [6, 6.07) is 11.1. The number of amides is 1. The Morgan fingerprint density at radius 1 is 1.20 bits per heavy atom. The molecule has 1 amide bonds. The Morgan fingerprint density at radius 2 is 1.97 bits per heavy atom. The van der Waals surface area contributed by atoms with Gasteiger partial charge in [-0.25, -0.2) is 4.98 Å². The van der Waals surface area contributed by atoms with E-state index in [0.717, 1.165) is 41.3 Å². The lowest BCUT2D eigenvalue weighted by molar-refractivity contribution is 0.102. The topological polar surface area (TPSA) is 77.2 Å². The van der Waals surface area contributed by atoms with E-state index in [-0.39, 0.29) is 5.91 Å². The zero-order valence-corrected chi connectivity index (χ0v) is 18.0. The summed E-state index contributed by atoms with van der Waals surface area (Å²) in [6.45, 7) is 3.81. The van der Waals surface area contributed by atoms with Crippen LogP contribution in [0.15, 0.2) is 52.1 Å². The zero-order valence-electron chi connectivity index (χ0n) is 17.2. The van der Waals surface area contributed by atoms with E-state index in [2.05, 4.69) is 15.5 Å². The lowest BCUT2D eigenvalue weighted by Crippen LogP contribution is -2.14. The van der Waals surface area contributed by atoms with Crippen LogP contribution in [0.5, 0.6) is 5.75 Å². The highest BCUT2D eigenvalue weighted by Crippen LogP contribution is 2.28. The second kappa shape index (κ2) is 9.34. The van der Waals surface area contributed by atoms with Crippen molar-refractivity contribution >= 4 is 23.4 Å². The van der Waals surface area contributed by atoms with Gasteiger partial charge in [-0.15, -0.1) is 11.8 Å². The fraction of sp³-hybridized carbons (Fsp3) is 0.348. The summed E-state index contributed by atoms with van der Waals surface area (Å²) in [5.74, 6) is 2.10. The molecule has 1 aliphatic rings. The number of hydrogen-bond donors (Lipinski definition) is 1. The molecule has 30 heavy (non-hydrogen) atoms. The number of anilines is 1. The Balaban J connectivity index is 1.41. The third-order valence-corrected chi connectivity index (χ3v) is 6.30. The SMILES string of the molecule is Cc1noc(C)c1CSc1ncccc1C(=O)Nc1ccc(OC2CCCC2)cc1. The molecule has 0 unspecified atom stereocenters. The molecule has 0 spiro atoms. The fourth-order valence-corrected chi connectivity index (χ4v) is 4.69. The fourth-order valence-electron chi connectivity index (χ4n) is 3.54. The summed E-state index contributed by atoms with van der Waals surface area (Å²) in [5, 5.41) is 7.62. The zero-order chi connectivity index (χ0) is 20.9. The molecule has 0 atom stereocenters. The summed E-state index contributed by atoms with van der Waals surface area (Å²) in [5.41, 5.74) is 3.17. The summed E-state index contributed by atoms with van der Waals surface area (Å²) in [7, 11) is 0. The molecule has 6 nitrogen and oxygen atoms in total. The standard InChI is InChI=1S/C23H25N3O3S/c1-15-21(16(2)29-26-15)14-30-23-20(8-5-13-24-23)22(27)25-17-9-11-19(12-10-17)28-18-6-3-4-7-18/h5,8-13,18H,3-4,6-7,14H2,1-2H3,(H,25,27). The van der Waals surface area contributed by atoms with E-state index in [1.165, 1.54) is 24.6 Å². The van der Waals surface area contributed by atoms with Crippen LogP contribution in [-0.4, -0.2) is 22.2 Å². The maximum absolute atomic E-state index is 12.9. The Hall–Kier alpha value is -2.80. The van der Waals surface area contributed by atoms with Crippen molar-refractivity contribution in [3.8, 4) is 5.75 Å². The summed E-state index contributed by atoms with van der Waals surface area (Å²) in [4.78, 5) is 17.3. The Labute approximate surface area is 180 Å². The number of benzene rings is 1. The van der Waals surface area contributed by atoms with Crippen molar-refractivity contribution in [1.82, 2.24) is 10.1 Å². The molecule has 156 valence electrons. The molecule has 1 saturated carbocycles. The van der Waals surface area contributed by atoms with E-state index < -0.39 is 0 Å². The van der Waals surface area contributed by atoms with Gasteiger partial charge in [0.15, 0.2) is 0 Å². The van der Waals surface area contributed by atoms with Crippen LogP contribution in [0.25, 0.3) is 0 Å². The van der Waals surface area contributed by atoms with Crippen LogP contribution in [0.2, 0.25) is 0 Å². The first-order chi connectivity index (χ1) is 14.6. The van der Waals surface area contributed by atoms with E-state index in [9.17, 15) is 4.79 Å². The number of carbonyl (C=O) groups excluding carboxylic acids is 1. The van der Waals surface area contributed by atoms with Crippen LogP contribution in [-0.2, 0) is 5.75 Å². The highest BCUT2D eigenvalue weighted by molar-refractivity contribution is 7.98. The predicted octanol–water partition coefficient (Wildman–Crippen LogP) is 5.55. The van der Waals surface area contributed by atoms with Gasteiger partial charge in [0.05, 0.1) is 17.4 Å². The second-order valence-corrected chi connectivity index (χ2v) is 8.41. The van der Waals surface area contributed by atoms with Gasteiger partial charge in [-0.05, 0) is 75.9 Å². The van der Waals surface area contributed by atoms with E-state index in [4.69, 9.17) is 9.26 Å². The second-order valence-electron chi connectivity index (χ2n) is 7.45. The van der Waals surface area contributed by atoms with Crippen LogP contribution in [0.1, 0.15) is 53.1 Å². The highest BCUT2D eigenvalue weighted by Gasteiger charge is 2.17. The van der Waals surface area contributed by atoms with Gasteiger partial charge in [0, 0.05) is 23.2 Å². The lowest BCUT2D eigenvalue weighted by Gasteiger charge is -2.14. The van der Waals surface area contributed by atoms with Gasteiger partial charge in [-0.1, -0.05) is 5.16 Å². The number of nitrogens with zero attached hydrogens (tertiary/aromatic N) is 2. The first-order valence-electron chi connectivity index (χ1n) is 10.2. The number of aromatic nitrogens is 2. The molecular formula is C23H25N3O3S. The van der Waals surface area contributed by atoms with Crippen molar-refractivity contribution in [2.24, 2.45) is 0 Å². The molecule has 2 heterocycles. The Bertz CT molecular complexity index is 991. The molecule has 1 fully saturated rings. The van der Waals surface area contributed by atoms with Crippen LogP contribution in [0.3, 0.4) is 0 Å². The van der Waals surface area contributed by atoms with Crippen LogP contribution in [0, 0.1) is 13.8 Å². The van der Waals surface area contributed by atoms with Gasteiger partial charge >= 0.3 is 0 Å². The van der Waals surface area contributed by atoms with Crippen LogP contribution < -0.4 is 10.1 Å². The number of hydrogen-bond acceptors (Lipinski definition) is 6. The molecule has 0 radical (unpaired) electrons. The third kappa shape index (κ3) is 4.84. The molecule has 2 aromatic heterocycles. The molecular weight excluding hydrogens is 398 g/mol. The maximum Gasteiger partial charge on any atom is 0.258 e. The first kappa shape index (κ1) is 20.5. The van der Waals surface area contributed by atoms with E-state index in [1.807, 2.05) is 38.1 Å². The van der Waals surface area contributed by atoms with Gasteiger partial charge in [0.2, 0.25) is 0 Å². The number of aryl methyl sites for hydroxylation is 2. The minimum atomic E-state index is -0.186. The van der Waals surface area contributed by atoms with Crippen molar-refractivity contribution in [2.75, 3.05) is 5.32 Å². The third-order valence-electron chi connectivity index (χ3n) is 5.27. The van der Waals surface area contributed by atoms with E-state index in [0.29, 0.717) is 22.4 Å². The molecule has 0 aliphatic heterocycles. The van der Waals surface area contributed by atoms with Gasteiger partial charge in [0.1, 0.15) is 16.5 Å². The lowest BCUT2D eigenvalue weighted by atomic mass is 10.2. The number of pyridine rings is 1. The highest BCUT2D eigenvalue weighted by atomic mass is 32.2. The monoisotopic (exact) mass is 423 g/mol. The van der Waals surface area contributed by atoms with Gasteiger partial charge in [0.25, 0.3) is 5.91 Å².